The van der Waals surface area contributed by atoms with Crippen LogP contribution >= 0.6 is 11.8 Å². The SMILES string of the molecule is CCn1c(Sc2nccc(C(=N)N)n2)n[nH]c1=O. The van der Waals surface area contributed by atoms with Crippen molar-refractivity contribution in [3.8, 4) is 0 Å². The third-order valence-corrected chi connectivity index (χ3v) is 3.00. The normalized spacial score (nSPS) is 10.5. The molecule has 94 valence electrons. The average Bonchev–Trinajstić information content (AvgIpc) is 2.70. The summed E-state index contributed by atoms with van der Waals surface area (Å²) in [6.07, 6.45) is 1.51. The van der Waals surface area contributed by atoms with Crippen molar-refractivity contribution in [1.29, 1.82) is 5.41 Å². The quantitative estimate of drug-likeness (QED) is 0.400. The molecule has 0 amide bonds. The maximum atomic E-state index is 11.4. The summed E-state index contributed by atoms with van der Waals surface area (Å²) >= 11 is 1.14. The van der Waals surface area contributed by atoms with Crippen molar-refractivity contribution in [3.63, 3.8) is 0 Å². The summed E-state index contributed by atoms with van der Waals surface area (Å²) in [4.78, 5) is 19.5. The van der Waals surface area contributed by atoms with E-state index in [2.05, 4.69) is 20.2 Å². The molecule has 0 aliphatic carbocycles. The molecule has 8 nitrogen and oxygen atoms in total. The van der Waals surface area contributed by atoms with Crippen LogP contribution in [0.1, 0.15) is 12.6 Å². The van der Waals surface area contributed by atoms with Gasteiger partial charge >= 0.3 is 5.69 Å². The molecule has 0 unspecified atom stereocenters. The topological polar surface area (TPSA) is 126 Å². The van der Waals surface area contributed by atoms with Crippen molar-refractivity contribution in [2.45, 2.75) is 23.8 Å². The first kappa shape index (κ1) is 12.3. The molecule has 0 aliphatic rings. The number of nitrogens with two attached hydrogens (primary N) is 1. The Bertz CT molecular complexity index is 632. The van der Waals surface area contributed by atoms with Gasteiger partial charge in [-0.05, 0) is 24.8 Å². The average molecular weight is 265 g/mol. The van der Waals surface area contributed by atoms with Gasteiger partial charge in [-0.1, -0.05) is 0 Å². The van der Waals surface area contributed by atoms with E-state index in [1.54, 1.807) is 6.07 Å². The van der Waals surface area contributed by atoms with Crippen LogP contribution in [0.15, 0.2) is 27.4 Å². The van der Waals surface area contributed by atoms with E-state index in [-0.39, 0.29) is 11.5 Å². The summed E-state index contributed by atoms with van der Waals surface area (Å²) in [5.74, 6) is -0.130. The lowest BCUT2D eigenvalue weighted by atomic mass is 10.4. The number of nitrogens with one attached hydrogen (secondary N) is 2. The highest BCUT2D eigenvalue weighted by Gasteiger charge is 2.11. The van der Waals surface area contributed by atoms with Gasteiger partial charge in [0.2, 0.25) is 0 Å². The van der Waals surface area contributed by atoms with Gasteiger partial charge in [-0.2, -0.15) is 0 Å². The third-order valence-electron chi connectivity index (χ3n) is 2.13. The van der Waals surface area contributed by atoms with Crippen molar-refractivity contribution < 1.29 is 0 Å². The molecule has 0 fully saturated rings. The van der Waals surface area contributed by atoms with Crippen LogP contribution < -0.4 is 11.4 Å². The van der Waals surface area contributed by atoms with E-state index < -0.39 is 0 Å². The second-order valence-electron chi connectivity index (χ2n) is 3.30. The highest BCUT2D eigenvalue weighted by Crippen LogP contribution is 2.20. The first-order valence-corrected chi connectivity index (χ1v) is 5.94. The zero-order chi connectivity index (χ0) is 13.1. The van der Waals surface area contributed by atoms with E-state index in [9.17, 15) is 4.79 Å². The van der Waals surface area contributed by atoms with E-state index in [1.165, 1.54) is 10.8 Å². The summed E-state index contributed by atoms with van der Waals surface area (Å²) in [7, 11) is 0. The van der Waals surface area contributed by atoms with Crippen LogP contribution in [0.4, 0.5) is 0 Å². The Morgan fingerprint density at radius 1 is 1.67 bits per heavy atom. The zero-order valence-electron chi connectivity index (χ0n) is 9.54. The van der Waals surface area contributed by atoms with Gasteiger partial charge in [-0.3, -0.25) is 9.98 Å². The van der Waals surface area contributed by atoms with E-state index in [1.807, 2.05) is 6.92 Å². The van der Waals surface area contributed by atoms with Crippen molar-refractivity contribution in [1.82, 2.24) is 24.7 Å². The van der Waals surface area contributed by atoms with Gasteiger partial charge in [0, 0.05) is 12.7 Å². The Hall–Kier alpha value is -2.16. The smallest absolute Gasteiger partial charge is 0.343 e. The van der Waals surface area contributed by atoms with Crippen molar-refractivity contribution in [2.75, 3.05) is 0 Å². The van der Waals surface area contributed by atoms with Crippen LogP contribution in [-0.2, 0) is 6.54 Å². The lowest BCUT2D eigenvalue weighted by Crippen LogP contribution is -2.16. The molecule has 9 heteroatoms. The molecule has 0 aliphatic heterocycles. The summed E-state index contributed by atoms with van der Waals surface area (Å²) in [6.45, 7) is 2.35. The van der Waals surface area contributed by atoms with Gasteiger partial charge in [-0.15, -0.1) is 5.10 Å². The highest BCUT2D eigenvalue weighted by molar-refractivity contribution is 7.99. The maximum Gasteiger partial charge on any atom is 0.343 e. The summed E-state index contributed by atoms with van der Waals surface area (Å²) in [5, 5.41) is 14.4. The number of nitrogens with zero attached hydrogens (tertiary/aromatic N) is 4. The third kappa shape index (κ3) is 2.40. The van der Waals surface area contributed by atoms with Crippen LogP contribution in [0.2, 0.25) is 0 Å². The molecule has 0 spiro atoms. The standard InChI is InChI=1S/C9H11N7OS/c1-2-16-8(17)14-15-9(16)18-7-12-4-3-5(13-7)6(10)11/h3-4H,2H2,1H3,(H3,10,11)(H,14,17). The first-order chi connectivity index (χ1) is 8.61. The lowest BCUT2D eigenvalue weighted by Gasteiger charge is -2.02. The van der Waals surface area contributed by atoms with E-state index in [0.717, 1.165) is 11.8 Å². The predicted octanol–water partition coefficient (Wildman–Crippen LogP) is -0.183. The largest absolute Gasteiger partial charge is 0.382 e. The second kappa shape index (κ2) is 5.00. The van der Waals surface area contributed by atoms with Crippen LogP contribution in [0.3, 0.4) is 0 Å². The van der Waals surface area contributed by atoms with Crippen molar-refractivity contribution in [3.05, 3.63) is 28.4 Å². The predicted molar refractivity (Wildman–Crippen MR) is 65.7 cm³/mol. The maximum absolute atomic E-state index is 11.4. The molecular formula is C9H11N7OS. The first-order valence-electron chi connectivity index (χ1n) is 5.12. The number of hydrogen-bond acceptors (Lipinski definition) is 6. The summed E-state index contributed by atoms with van der Waals surface area (Å²) in [6, 6.07) is 1.55. The molecule has 2 aromatic heterocycles. The zero-order valence-corrected chi connectivity index (χ0v) is 10.4. The van der Waals surface area contributed by atoms with E-state index in [4.69, 9.17) is 11.1 Å². The minimum atomic E-state index is -0.275. The Morgan fingerprint density at radius 3 is 3.11 bits per heavy atom. The number of amidine groups is 1. The molecule has 2 aromatic rings. The molecule has 0 atom stereocenters. The number of rotatable bonds is 4. The number of H-pyrrole nitrogens is 1. The number of aromatic amines is 1. The van der Waals surface area contributed by atoms with Crippen LogP contribution in [0, 0.1) is 5.41 Å². The van der Waals surface area contributed by atoms with Gasteiger partial charge < -0.3 is 5.73 Å². The van der Waals surface area contributed by atoms with Gasteiger partial charge in [0.15, 0.2) is 10.3 Å². The van der Waals surface area contributed by atoms with Crippen molar-refractivity contribution >= 4 is 17.6 Å². The Labute approximate surface area is 106 Å². The molecule has 0 saturated carbocycles. The fourth-order valence-electron chi connectivity index (χ4n) is 1.28. The molecule has 2 heterocycles. The highest BCUT2D eigenvalue weighted by atomic mass is 32.2. The monoisotopic (exact) mass is 265 g/mol. The van der Waals surface area contributed by atoms with Crippen molar-refractivity contribution in [2.24, 2.45) is 5.73 Å². The van der Waals surface area contributed by atoms with Gasteiger partial charge in [-0.25, -0.2) is 19.9 Å². The number of aromatic nitrogens is 5. The van der Waals surface area contributed by atoms with Crippen LogP contribution in [0.5, 0.6) is 0 Å². The molecule has 18 heavy (non-hydrogen) atoms. The molecule has 0 aromatic carbocycles. The fourth-order valence-corrected chi connectivity index (χ4v) is 2.12. The van der Waals surface area contributed by atoms with E-state index >= 15 is 0 Å². The number of nitrogen functional groups attached to an aromatic ring is 1. The molecule has 0 bridgehead atoms. The van der Waals surface area contributed by atoms with E-state index in [0.29, 0.717) is 22.6 Å². The Morgan fingerprint density at radius 2 is 2.44 bits per heavy atom. The Kier molecular flexibility index (Phi) is 3.42. The molecule has 2 rings (SSSR count). The van der Waals surface area contributed by atoms with Gasteiger partial charge in [0.1, 0.15) is 11.5 Å². The van der Waals surface area contributed by atoms with Gasteiger partial charge in [0.05, 0.1) is 0 Å². The van der Waals surface area contributed by atoms with Gasteiger partial charge in [0.25, 0.3) is 0 Å². The fraction of sp³-hybridized carbons (Fsp3) is 0.222. The summed E-state index contributed by atoms with van der Waals surface area (Å²) < 4.78 is 1.47. The van der Waals surface area contributed by atoms with Crippen LogP contribution in [-0.4, -0.2) is 30.6 Å². The molecule has 0 saturated heterocycles. The molecular weight excluding hydrogens is 254 g/mol. The minimum absolute atomic E-state index is 0.130. The number of hydrogen-bond donors (Lipinski definition) is 3. The Balaban J connectivity index is 2.31. The molecule has 0 radical (unpaired) electrons. The molecule has 4 N–H and O–H groups in total. The summed E-state index contributed by atoms with van der Waals surface area (Å²) in [5.41, 5.74) is 5.41. The lowest BCUT2D eigenvalue weighted by molar-refractivity contribution is 0.659. The second-order valence-corrected chi connectivity index (χ2v) is 4.23. The van der Waals surface area contributed by atoms with Crippen LogP contribution in [0.25, 0.3) is 0 Å². The minimum Gasteiger partial charge on any atom is -0.382 e.